The van der Waals surface area contributed by atoms with Crippen LogP contribution in [0.2, 0.25) is 0 Å². The highest BCUT2D eigenvalue weighted by Gasteiger charge is 2.10. The molecule has 0 aliphatic heterocycles. The number of allylic oxidation sites excluding steroid dienone is 1. The highest BCUT2D eigenvalue weighted by Crippen LogP contribution is 2.03. The SMILES string of the molecule is COC(=O)/C=C(\O)C(F)F. The third-order valence-corrected chi connectivity index (χ3v) is 0.690. The summed E-state index contributed by atoms with van der Waals surface area (Å²) >= 11 is 0. The van der Waals surface area contributed by atoms with Gasteiger partial charge >= 0.3 is 5.97 Å². The van der Waals surface area contributed by atoms with Gasteiger partial charge in [-0.2, -0.15) is 0 Å². The van der Waals surface area contributed by atoms with Gasteiger partial charge in [0.1, 0.15) is 0 Å². The van der Waals surface area contributed by atoms with Gasteiger partial charge in [0.2, 0.25) is 0 Å². The Kier molecular flexibility index (Phi) is 3.38. The van der Waals surface area contributed by atoms with Crippen LogP contribution in [0.4, 0.5) is 8.78 Å². The second-order valence-corrected chi connectivity index (χ2v) is 1.39. The molecule has 0 spiro atoms. The van der Waals surface area contributed by atoms with Gasteiger partial charge in [0.25, 0.3) is 6.43 Å². The predicted molar refractivity (Wildman–Crippen MR) is 28.7 cm³/mol. The summed E-state index contributed by atoms with van der Waals surface area (Å²) < 4.78 is 26.8. The molecule has 0 aromatic rings. The first-order valence-corrected chi connectivity index (χ1v) is 2.34. The smallest absolute Gasteiger partial charge is 0.334 e. The molecule has 0 aliphatic rings. The zero-order valence-electron chi connectivity index (χ0n) is 5.17. The molecule has 0 saturated carbocycles. The second-order valence-electron chi connectivity index (χ2n) is 1.39. The van der Waals surface area contributed by atoms with Crippen LogP contribution in [0.15, 0.2) is 11.8 Å². The van der Waals surface area contributed by atoms with Crippen LogP contribution in [-0.4, -0.2) is 24.6 Å². The van der Waals surface area contributed by atoms with Crippen molar-refractivity contribution in [2.45, 2.75) is 6.43 Å². The van der Waals surface area contributed by atoms with Gasteiger partial charge in [-0.05, 0) is 0 Å². The van der Waals surface area contributed by atoms with Gasteiger partial charge in [0.15, 0.2) is 5.76 Å². The van der Waals surface area contributed by atoms with E-state index in [0.29, 0.717) is 6.08 Å². The molecule has 0 rings (SSSR count). The number of methoxy groups -OCH3 is 1. The minimum atomic E-state index is -3.03. The van der Waals surface area contributed by atoms with Crippen molar-refractivity contribution in [1.29, 1.82) is 0 Å². The van der Waals surface area contributed by atoms with Crippen molar-refractivity contribution in [3.05, 3.63) is 11.8 Å². The molecule has 0 unspecified atom stereocenters. The molecule has 0 saturated heterocycles. The zero-order valence-corrected chi connectivity index (χ0v) is 5.17. The molecular weight excluding hydrogens is 146 g/mol. The Morgan fingerprint density at radius 3 is 2.50 bits per heavy atom. The fourth-order valence-electron chi connectivity index (χ4n) is 0.243. The highest BCUT2D eigenvalue weighted by molar-refractivity contribution is 5.82. The molecule has 0 amide bonds. The average Bonchev–Trinajstić information content (AvgIpc) is 1.87. The number of aliphatic hydroxyl groups excluding tert-OH is 1. The predicted octanol–water partition coefficient (Wildman–Crippen LogP) is 0.866. The van der Waals surface area contributed by atoms with Crippen LogP contribution in [-0.2, 0) is 9.53 Å². The molecule has 0 atom stereocenters. The summed E-state index contributed by atoms with van der Waals surface area (Å²) in [5.74, 6) is -2.29. The molecule has 5 heteroatoms. The quantitative estimate of drug-likeness (QED) is 0.362. The molecule has 0 aliphatic carbocycles. The summed E-state index contributed by atoms with van der Waals surface area (Å²) in [6.45, 7) is 0. The lowest BCUT2D eigenvalue weighted by atomic mass is 10.4. The molecule has 0 aromatic carbocycles. The third-order valence-electron chi connectivity index (χ3n) is 0.690. The molecule has 0 aromatic heterocycles. The topological polar surface area (TPSA) is 46.5 Å². The number of halogens is 2. The summed E-state index contributed by atoms with van der Waals surface area (Å²) in [6, 6.07) is 0. The van der Waals surface area contributed by atoms with E-state index in [1.54, 1.807) is 0 Å². The molecule has 0 heterocycles. The van der Waals surface area contributed by atoms with Crippen LogP contribution in [0.1, 0.15) is 0 Å². The van der Waals surface area contributed by atoms with Crippen LogP contribution >= 0.6 is 0 Å². The monoisotopic (exact) mass is 152 g/mol. The second kappa shape index (κ2) is 3.81. The van der Waals surface area contributed by atoms with E-state index in [2.05, 4.69) is 4.74 Å². The van der Waals surface area contributed by atoms with Gasteiger partial charge in [-0.15, -0.1) is 0 Å². The van der Waals surface area contributed by atoms with Crippen molar-refractivity contribution in [3.63, 3.8) is 0 Å². The zero-order chi connectivity index (χ0) is 8.15. The van der Waals surface area contributed by atoms with Gasteiger partial charge in [-0.3, -0.25) is 0 Å². The van der Waals surface area contributed by atoms with Crippen molar-refractivity contribution >= 4 is 5.97 Å². The molecule has 3 nitrogen and oxygen atoms in total. The van der Waals surface area contributed by atoms with Crippen molar-refractivity contribution in [2.75, 3.05) is 7.11 Å². The van der Waals surface area contributed by atoms with Gasteiger partial charge in [0, 0.05) is 0 Å². The average molecular weight is 152 g/mol. The van der Waals surface area contributed by atoms with Gasteiger partial charge in [0.05, 0.1) is 13.2 Å². The fourth-order valence-corrected chi connectivity index (χ4v) is 0.243. The van der Waals surface area contributed by atoms with Gasteiger partial charge < -0.3 is 9.84 Å². The van der Waals surface area contributed by atoms with E-state index in [0.717, 1.165) is 7.11 Å². The Labute approximate surface area is 55.9 Å². The number of esters is 1. The van der Waals surface area contributed by atoms with E-state index in [9.17, 15) is 13.6 Å². The number of ether oxygens (including phenoxy) is 1. The van der Waals surface area contributed by atoms with Crippen molar-refractivity contribution in [3.8, 4) is 0 Å². The van der Waals surface area contributed by atoms with E-state index >= 15 is 0 Å². The van der Waals surface area contributed by atoms with Crippen LogP contribution in [0, 0.1) is 0 Å². The van der Waals surface area contributed by atoms with E-state index in [4.69, 9.17) is 5.11 Å². The largest absolute Gasteiger partial charge is 0.506 e. The number of rotatable bonds is 2. The third kappa shape index (κ3) is 3.01. The summed E-state index contributed by atoms with van der Waals surface area (Å²) in [5, 5.41) is 8.24. The molecule has 0 bridgehead atoms. The summed E-state index contributed by atoms with van der Waals surface area (Å²) in [5.41, 5.74) is 0. The minimum Gasteiger partial charge on any atom is -0.506 e. The Morgan fingerprint density at radius 2 is 2.20 bits per heavy atom. The molecule has 10 heavy (non-hydrogen) atoms. The lowest BCUT2D eigenvalue weighted by Crippen LogP contribution is -2.02. The number of aliphatic hydroxyl groups is 1. The van der Waals surface area contributed by atoms with Crippen molar-refractivity contribution < 1.29 is 23.4 Å². The maximum Gasteiger partial charge on any atom is 0.334 e. The first-order chi connectivity index (χ1) is 4.57. The normalized spacial score (nSPS) is 11.8. The van der Waals surface area contributed by atoms with Crippen LogP contribution < -0.4 is 0 Å². The van der Waals surface area contributed by atoms with Crippen LogP contribution in [0.25, 0.3) is 0 Å². The number of alkyl halides is 2. The van der Waals surface area contributed by atoms with Gasteiger partial charge in [-0.25, -0.2) is 13.6 Å². The molecular formula is C5H6F2O3. The van der Waals surface area contributed by atoms with Crippen LogP contribution in [0.5, 0.6) is 0 Å². The molecule has 58 valence electrons. The fraction of sp³-hybridized carbons (Fsp3) is 0.400. The minimum absolute atomic E-state index is 0.324. The molecule has 1 N–H and O–H groups in total. The molecule has 0 fully saturated rings. The van der Waals surface area contributed by atoms with E-state index in [1.807, 2.05) is 0 Å². The number of hydrogen-bond donors (Lipinski definition) is 1. The van der Waals surface area contributed by atoms with E-state index in [-0.39, 0.29) is 0 Å². The maximum atomic E-state index is 11.4. The van der Waals surface area contributed by atoms with E-state index in [1.165, 1.54) is 0 Å². The van der Waals surface area contributed by atoms with Crippen LogP contribution in [0.3, 0.4) is 0 Å². The Hall–Kier alpha value is -1.13. The Balaban J connectivity index is 4.03. The lowest BCUT2D eigenvalue weighted by Gasteiger charge is -1.95. The van der Waals surface area contributed by atoms with Gasteiger partial charge in [-0.1, -0.05) is 0 Å². The van der Waals surface area contributed by atoms with Crippen molar-refractivity contribution in [1.82, 2.24) is 0 Å². The highest BCUT2D eigenvalue weighted by atomic mass is 19.3. The Bertz CT molecular complexity index is 153. The summed E-state index contributed by atoms with van der Waals surface area (Å²) in [4.78, 5) is 10.1. The maximum absolute atomic E-state index is 11.4. The van der Waals surface area contributed by atoms with Crippen molar-refractivity contribution in [2.24, 2.45) is 0 Å². The Morgan fingerprint density at radius 1 is 1.70 bits per heavy atom. The summed E-state index contributed by atoms with van der Waals surface area (Å²) in [6.07, 6.45) is -2.70. The standard InChI is InChI=1S/C5H6F2O3/c1-10-4(9)2-3(8)5(6)7/h2,5,8H,1H3/b3-2-. The van der Waals surface area contributed by atoms with E-state index < -0.39 is 18.2 Å². The molecule has 0 radical (unpaired) electrons. The number of hydrogen-bond acceptors (Lipinski definition) is 3. The first-order valence-electron chi connectivity index (χ1n) is 2.34. The number of carbonyl (C=O) groups excluding carboxylic acids is 1. The summed E-state index contributed by atoms with van der Waals surface area (Å²) in [7, 11) is 1.03. The lowest BCUT2D eigenvalue weighted by molar-refractivity contribution is -0.135. The number of carbonyl (C=O) groups is 1. The first kappa shape index (κ1) is 8.87.